The molecule has 11 heavy (non-hydrogen) atoms. The van der Waals surface area contributed by atoms with E-state index < -0.39 is 0 Å². The Bertz CT molecular complexity index is 307. The van der Waals surface area contributed by atoms with Gasteiger partial charge in [0.25, 0.3) is 0 Å². The average Bonchev–Trinajstić information content (AvgIpc) is 2.04. The normalized spacial score (nSPS) is 14.5. The Morgan fingerprint density at radius 3 is 3.27 bits per heavy atom. The fraction of sp³-hybridized carbons (Fsp3) is 0.125. The standard InChI is InChI=1S/C8H8N2S/c9-6-1-2-8-7(5-6)10-3-4-11-8/h1-3,5H,4,9H2. The Morgan fingerprint density at radius 1 is 1.45 bits per heavy atom. The minimum atomic E-state index is 0.781. The molecule has 0 aliphatic carbocycles. The van der Waals surface area contributed by atoms with Gasteiger partial charge in [0.1, 0.15) is 0 Å². The van der Waals surface area contributed by atoms with E-state index in [1.165, 1.54) is 4.90 Å². The fourth-order valence-electron chi connectivity index (χ4n) is 1.02. The fourth-order valence-corrected chi connectivity index (χ4v) is 1.77. The first-order valence-electron chi connectivity index (χ1n) is 3.41. The first kappa shape index (κ1) is 6.73. The van der Waals surface area contributed by atoms with E-state index in [0.29, 0.717) is 0 Å². The van der Waals surface area contributed by atoms with E-state index >= 15 is 0 Å². The zero-order valence-corrected chi connectivity index (χ0v) is 6.77. The van der Waals surface area contributed by atoms with Crippen LogP contribution in [0, 0.1) is 0 Å². The number of fused-ring (bicyclic) bond motifs is 1. The molecule has 1 aliphatic rings. The van der Waals surface area contributed by atoms with Crippen molar-refractivity contribution in [3.63, 3.8) is 0 Å². The van der Waals surface area contributed by atoms with Crippen molar-refractivity contribution in [1.82, 2.24) is 0 Å². The Kier molecular flexibility index (Phi) is 1.58. The van der Waals surface area contributed by atoms with Crippen LogP contribution in [-0.4, -0.2) is 12.0 Å². The third-order valence-electron chi connectivity index (χ3n) is 1.53. The molecule has 0 unspecified atom stereocenters. The molecule has 56 valence electrons. The van der Waals surface area contributed by atoms with Gasteiger partial charge in [-0.1, -0.05) is 0 Å². The van der Waals surface area contributed by atoms with Crippen molar-refractivity contribution < 1.29 is 0 Å². The largest absolute Gasteiger partial charge is 0.399 e. The van der Waals surface area contributed by atoms with Gasteiger partial charge < -0.3 is 5.73 Å². The summed E-state index contributed by atoms with van der Waals surface area (Å²) >= 11 is 1.79. The van der Waals surface area contributed by atoms with Gasteiger partial charge in [-0.25, -0.2) is 0 Å². The van der Waals surface area contributed by atoms with Crippen LogP contribution in [0.2, 0.25) is 0 Å². The summed E-state index contributed by atoms with van der Waals surface area (Å²) in [4.78, 5) is 5.45. The second-order valence-electron chi connectivity index (χ2n) is 2.35. The Balaban J connectivity index is 2.54. The number of hydrogen-bond acceptors (Lipinski definition) is 3. The molecule has 1 aliphatic heterocycles. The minimum absolute atomic E-state index is 0.781. The molecular weight excluding hydrogens is 156 g/mol. The lowest BCUT2D eigenvalue weighted by atomic mass is 10.3. The third kappa shape index (κ3) is 1.24. The number of nitrogens with zero attached hydrogens (tertiary/aromatic N) is 1. The highest BCUT2D eigenvalue weighted by atomic mass is 32.2. The SMILES string of the molecule is Nc1ccc2c(c1)N=CCS2. The van der Waals surface area contributed by atoms with Crippen LogP contribution in [-0.2, 0) is 0 Å². The van der Waals surface area contributed by atoms with Crippen LogP contribution < -0.4 is 5.73 Å². The lowest BCUT2D eigenvalue weighted by molar-refractivity contribution is 1.36. The van der Waals surface area contributed by atoms with Crippen LogP contribution >= 0.6 is 11.8 Å². The maximum absolute atomic E-state index is 5.60. The summed E-state index contributed by atoms with van der Waals surface area (Å²) in [6, 6.07) is 5.83. The highest BCUT2D eigenvalue weighted by Gasteiger charge is 2.04. The highest BCUT2D eigenvalue weighted by molar-refractivity contribution is 8.00. The zero-order valence-electron chi connectivity index (χ0n) is 5.95. The Labute approximate surface area is 69.5 Å². The van der Waals surface area contributed by atoms with Crippen LogP contribution in [0.25, 0.3) is 0 Å². The number of benzene rings is 1. The van der Waals surface area contributed by atoms with Gasteiger partial charge in [0.05, 0.1) is 5.69 Å². The smallest absolute Gasteiger partial charge is 0.0782 e. The molecule has 0 bridgehead atoms. The second kappa shape index (κ2) is 2.58. The van der Waals surface area contributed by atoms with Crippen molar-refractivity contribution in [3.05, 3.63) is 18.2 Å². The predicted molar refractivity (Wildman–Crippen MR) is 49.7 cm³/mol. The molecule has 0 fully saturated rings. The summed E-state index contributed by atoms with van der Waals surface area (Å²) in [5.41, 5.74) is 7.38. The van der Waals surface area contributed by atoms with Crippen molar-refractivity contribution in [3.8, 4) is 0 Å². The van der Waals surface area contributed by atoms with Gasteiger partial charge in [-0.2, -0.15) is 0 Å². The zero-order chi connectivity index (χ0) is 7.68. The van der Waals surface area contributed by atoms with Gasteiger partial charge in [0.15, 0.2) is 0 Å². The molecule has 0 saturated carbocycles. The number of thioether (sulfide) groups is 1. The molecule has 3 heteroatoms. The van der Waals surface area contributed by atoms with Gasteiger partial charge in [-0.3, -0.25) is 4.99 Å². The van der Waals surface area contributed by atoms with E-state index in [1.54, 1.807) is 11.8 Å². The lowest BCUT2D eigenvalue weighted by Gasteiger charge is -2.08. The van der Waals surface area contributed by atoms with Gasteiger partial charge in [0, 0.05) is 22.6 Å². The molecule has 1 heterocycles. The first-order chi connectivity index (χ1) is 5.36. The van der Waals surface area contributed by atoms with E-state index in [4.69, 9.17) is 5.73 Å². The summed E-state index contributed by atoms with van der Waals surface area (Å²) in [7, 11) is 0. The van der Waals surface area contributed by atoms with Crippen molar-refractivity contribution in [2.45, 2.75) is 4.90 Å². The van der Waals surface area contributed by atoms with Gasteiger partial charge >= 0.3 is 0 Å². The van der Waals surface area contributed by atoms with Crippen molar-refractivity contribution in [2.24, 2.45) is 4.99 Å². The minimum Gasteiger partial charge on any atom is -0.399 e. The Morgan fingerprint density at radius 2 is 2.36 bits per heavy atom. The third-order valence-corrected chi connectivity index (χ3v) is 2.50. The molecule has 1 aromatic carbocycles. The quantitative estimate of drug-likeness (QED) is 0.596. The number of hydrogen-bond donors (Lipinski definition) is 1. The van der Waals surface area contributed by atoms with E-state index in [2.05, 4.69) is 4.99 Å². The molecule has 2 N–H and O–H groups in total. The first-order valence-corrected chi connectivity index (χ1v) is 4.40. The molecule has 0 saturated heterocycles. The molecule has 0 atom stereocenters. The summed E-state index contributed by atoms with van der Waals surface area (Å²) in [5, 5.41) is 0. The van der Waals surface area contributed by atoms with Gasteiger partial charge in [0.2, 0.25) is 0 Å². The molecule has 1 aromatic rings. The van der Waals surface area contributed by atoms with Crippen molar-refractivity contribution in [2.75, 3.05) is 11.5 Å². The molecular formula is C8H8N2S. The van der Waals surface area contributed by atoms with Crippen LogP contribution in [0.15, 0.2) is 28.1 Å². The van der Waals surface area contributed by atoms with E-state index in [1.807, 2.05) is 24.4 Å². The number of anilines is 1. The maximum Gasteiger partial charge on any atom is 0.0782 e. The predicted octanol–water partition coefficient (Wildman–Crippen LogP) is 2.08. The number of aliphatic imine (C=N–C) groups is 1. The number of nitrogens with two attached hydrogens (primary N) is 1. The van der Waals surface area contributed by atoms with Gasteiger partial charge in [-0.05, 0) is 18.2 Å². The van der Waals surface area contributed by atoms with Crippen LogP contribution in [0.4, 0.5) is 11.4 Å². The summed E-state index contributed by atoms with van der Waals surface area (Å²) in [5.74, 6) is 0.969. The lowest BCUT2D eigenvalue weighted by Crippen LogP contribution is -1.90. The number of rotatable bonds is 0. The van der Waals surface area contributed by atoms with Crippen molar-refractivity contribution >= 4 is 29.4 Å². The summed E-state index contributed by atoms with van der Waals surface area (Å²) in [6.45, 7) is 0. The van der Waals surface area contributed by atoms with Crippen molar-refractivity contribution in [1.29, 1.82) is 0 Å². The van der Waals surface area contributed by atoms with E-state index in [9.17, 15) is 0 Å². The number of nitrogen functional groups attached to an aromatic ring is 1. The molecule has 2 nitrogen and oxygen atoms in total. The Hall–Kier alpha value is -0.960. The molecule has 0 aromatic heterocycles. The molecule has 0 spiro atoms. The summed E-state index contributed by atoms with van der Waals surface area (Å²) in [6.07, 6.45) is 1.91. The van der Waals surface area contributed by atoms with E-state index in [-0.39, 0.29) is 0 Å². The molecule has 2 rings (SSSR count). The monoisotopic (exact) mass is 164 g/mol. The maximum atomic E-state index is 5.60. The summed E-state index contributed by atoms with van der Waals surface area (Å²) < 4.78 is 0. The highest BCUT2D eigenvalue weighted by Crippen LogP contribution is 2.33. The van der Waals surface area contributed by atoms with Gasteiger partial charge in [-0.15, -0.1) is 11.8 Å². The average molecular weight is 164 g/mol. The molecule has 0 amide bonds. The topological polar surface area (TPSA) is 38.4 Å². The van der Waals surface area contributed by atoms with Crippen LogP contribution in [0.3, 0.4) is 0 Å². The van der Waals surface area contributed by atoms with E-state index in [0.717, 1.165) is 17.1 Å². The van der Waals surface area contributed by atoms with Crippen LogP contribution in [0.5, 0.6) is 0 Å². The molecule has 0 radical (unpaired) electrons. The second-order valence-corrected chi connectivity index (χ2v) is 3.41. The van der Waals surface area contributed by atoms with Crippen LogP contribution in [0.1, 0.15) is 0 Å².